The largest absolute Gasteiger partial charge is 0.496 e. The standard InChI is InChI=1S/C15H14ClNO4/c1-10-7-11(9-16)3-5-14(10)21-15-6-4-12(20-2)8-13(15)17(18)19/h3-8H,9H2,1-2H3. The van der Waals surface area contributed by atoms with Crippen LogP contribution in [0.2, 0.25) is 0 Å². The molecule has 0 amide bonds. The molecule has 0 spiro atoms. The highest BCUT2D eigenvalue weighted by molar-refractivity contribution is 6.17. The Balaban J connectivity index is 2.37. The van der Waals surface area contributed by atoms with Crippen LogP contribution >= 0.6 is 11.6 Å². The molecule has 0 unspecified atom stereocenters. The molecule has 0 saturated heterocycles. The van der Waals surface area contributed by atoms with E-state index in [0.29, 0.717) is 17.4 Å². The molecule has 0 aromatic heterocycles. The summed E-state index contributed by atoms with van der Waals surface area (Å²) in [5, 5.41) is 11.1. The first-order valence-corrected chi connectivity index (χ1v) is 6.74. The van der Waals surface area contributed by atoms with Gasteiger partial charge >= 0.3 is 5.69 Å². The first-order valence-electron chi connectivity index (χ1n) is 6.21. The summed E-state index contributed by atoms with van der Waals surface area (Å²) in [7, 11) is 1.45. The summed E-state index contributed by atoms with van der Waals surface area (Å²) in [6.07, 6.45) is 0. The number of aryl methyl sites for hydroxylation is 1. The van der Waals surface area contributed by atoms with E-state index in [2.05, 4.69) is 0 Å². The molecule has 0 aliphatic heterocycles. The van der Waals surface area contributed by atoms with Gasteiger partial charge < -0.3 is 9.47 Å². The SMILES string of the molecule is COc1ccc(Oc2ccc(CCl)cc2C)c([N+](=O)[O-])c1. The van der Waals surface area contributed by atoms with Crippen LogP contribution in [0.15, 0.2) is 36.4 Å². The van der Waals surface area contributed by atoms with Crippen molar-refractivity contribution in [2.24, 2.45) is 0 Å². The van der Waals surface area contributed by atoms with E-state index in [9.17, 15) is 10.1 Å². The highest BCUT2D eigenvalue weighted by Crippen LogP contribution is 2.35. The van der Waals surface area contributed by atoms with E-state index in [1.807, 2.05) is 19.1 Å². The van der Waals surface area contributed by atoms with Crippen molar-refractivity contribution in [1.29, 1.82) is 0 Å². The third kappa shape index (κ3) is 3.44. The molecule has 110 valence electrons. The van der Waals surface area contributed by atoms with E-state index < -0.39 is 4.92 Å². The summed E-state index contributed by atoms with van der Waals surface area (Å²) in [5.74, 6) is 1.53. The van der Waals surface area contributed by atoms with E-state index in [1.54, 1.807) is 12.1 Å². The van der Waals surface area contributed by atoms with Crippen LogP contribution in [0.25, 0.3) is 0 Å². The summed E-state index contributed by atoms with van der Waals surface area (Å²) in [6.45, 7) is 1.86. The average Bonchev–Trinajstić information content (AvgIpc) is 2.49. The van der Waals surface area contributed by atoms with E-state index in [4.69, 9.17) is 21.1 Å². The number of halogens is 1. The minimum atomic E-state index is -0.500. The van der Waals surface area contributed by atoms with Crippen molar-refractivity contribution < 1.29 is 14.4 Å². The van der Waals surface area contributed by atoms with E-state index >= 15 is 0 Å². The molecule has 0 aliphatic carbocycles. The smallest absolute Gasteiger partial charge is 0.315 e. The van der Waals surface area contributed by atoms with Gasteiger partial charge in [-0.25, -0.2) is 0 Å². The van der Waals surface area contributed by atoms with E-state index in [0.717, 1.165) is 11.1 Å². The minimum Gasteiger partial charge on any atom is -0.496 e. The monoisotopic (exact) mass is 307 g/mol. The van der Waals surface area contributed by atoms with E-state index in [1.165, 1.54) is 19.2 Å². The molecule has 0 atom stereocenters. The van der Waals surface area contributed by atoms with Crippen LogP contribution in [0, 0.1) is 17.0 Å². The van der Waals surface area contributed by atoms with Crippen molar-refractivity contribution in [3.63, 3.8) is 0 Å². The van der Waals surface area contributed by atoms with Crippen molar-refractivity contribution in [2.45, 2.75) is 12.8 Å². The first kappa shape index (κ1) is 15.1. The normalized spacial score (nSPS) is 10.2. The highest BCUT2D eigenvalue weighted by atomic mass is 35.5. The number of nitrogens with zero attached hydrogens (tertiary/aromatic N) is 1. The lowest BCUT2D eigenvalue weighted by atomic mass is 10.1. The molecule has 0 saturated carbocycles. The lowest BCUT2D eigenvalue weighted by Crippen LogP contribution is -1.96. The second-order valence-corrected chi connectivity index (χ2v) is 4.69. The topological polar surface area (TPSA) is 61.6 Å². The number of ether oxygens (including phenoxy) is 2. The van der Waals surface area contributed by atoms with Crippen LogP contribution < -0.4 is 9.47 Å². The van der Waals surface area contributed by atoms with Crippen molar-refractivity contribution in [2.75, 3.05) is 7.11 Å². The lowest BCUT2D eigenvalue weighted by molar-refractivity contribution is -0.385. The lowest BCUT2D eigenvalue weighted by Gasteiger charge is -2.10. The summed E-state index contributed by atoms with van der Waals surface area (Å²) in [5.41, 5.74) is 1.68. The Morgan fingerprint density at radius 2 is 1.90 bits per heavy atom. The van der Waals surface area contributed by atoms with E-state index in [-0.39, 0.29) is 11.4 Å². The number of hydrogen-bond donors (Lipinski definition) is 0. The zero-order chi connectivity index (χ0) is 15.4. The number of nitro benzene ring substituents is 1. The number of nitro groups is 1. The molecule has 2 rings (SSSR count). The maximum absolute atomic E-state index is 11.1. The molecule has 0 heterocycles. The Hall–Kier alpha value is -2.27. The summed E-state index contributed by atoms with van der Waals surface area (Å²) in [4.78, 5) is 10.6. The van der Waals surface area contributed by atoms with Gasteiger partial charge in [0, 0.05) is 5.88 Å². The fourth-order valence-corrected chi connectivity index (χ4v) is 2.05. The van der Waals surface area contributed by atoms with Crippen molar-refractivity contribution in [1.82, 2.24) is 0 Å². The number of methoxy groups -OCH3 is 1. The maximum atomic E-state index is 11.1. The van der Waals surface area contributed by atoms with Crippen molar-refractivity contribution in [3.05, 3.63) is 57.6 Å². The van der Waals surface area contributed by atoms with Crippen LogP contribution in [0.3, 0.4) is 0 Å². The van der Waals surface area contributed by atoms with Crippen LogP contribution in [0.5, 0.6) is 17.2 Å². The quantitative estimate of drug-likeness (QED) is 0.465. The van der Waals surface area contributed by atoms with Gasteiger partial charge in [0.15, 0.2) is 0 Å². The molecule has 0 fully saturated rings. The van der Waals surface area contributed by atoms with Crippen LogP contribution in [-0.4, -0.2) is 12.0 Å². The molecular weight excluding hydrogens is 294 g/mol. The fourth-order valence-electron chi connectivity index (χ4n) is 1.88. The van der Waals surface area contributed by atoms with Gasteiger partial charge in [0.05, 0.1) is 18.1 Å². The fraction of sp³-hybridized carbons (Fsp3) is 0.200. The highest BCUT2D eigenvalue weighted by Gasteiger charge is 2.18. The summed E-state index contributed by atoms with van der Waals surface area (Å²) >= 11 is 5.77. The summed E-state index contributed by atoms with van der Waals surface area (Å²) in [6, 6.07) is 9.93. The number of hydrogen-bond acceptors (Lipinski definition) is 4. The average molecular weight is 308 g/mol. The second kappa shape index (κ2) is 6.45. The molecule has 6 heteroatoms. The zero-order valence-electron chi connectivity index (χ0n) is 11.6. The molecule has 0 bridgehead atoms. The molecule has 21 heavy (non-hydrogen) atoms. The Morgan fingerprint density at radius 3 is 2.48 bits per heavy atom. The van der Waals surface area contributed by atoms with Crippen LogP contribution in [-0.2, 0) is 5.88 Å². The Labute approximate surface area is 127 Å². The Morgan fingerprint density at radius 1 is 1.19 bits per heavy atom. The van der Waals surface area contributed by atoms with Gasteiger partial charge in [0.1, 0.15) is 11.5 Å². The van der Waals surface area contributed by atoms with Gasteiger partial charge in [-0.15, -0.1) is 11.6 Å². The Bertz CT molecular complexity index is 673. The second-order valence-electron chi connectivity index (χ2n) is 4.43. The third-order valence-electron chi connectivity index (χ3n) is 2.98. The van der Waals surface area contributed by atoms with Gasteiger partial charge in [-0.05, 0) is 36.2 Å². The molecule has 0 aliphatic rings. The summed E-state index contributed by atoms with van der Waals surface area (Å²) < 4.78 is 10.6. The predicted octanol–water partition coefficient (Wildman–Crippen LogP) is 4.44. The van der Waals surface area contributed by atoms with Crippen LogP contribution in [0.4, 0.5) is 5.69 Å². The molecule has 0 radical (unpaired) electrons. The maximum Gasteiger partial charge on any atom is 0.315 e. The van der Waals surface area contributed by atoms with Gasteiger partial charge in [-0.3, -0.25) is 10.1 Å². The molecular formula is C15H14ClNO4. The third-order valence-corrected chi connectivity index (χ3v) is 3.28. The minimum absolute atomic E-state index is 0.143. The van der Waals surface area contributed by atoms with Gasteiger partial charge in [-0.2, -0.15) is 0 Å². The zero-order valence-corrected chi connectivity index (χ0v) is 12.4. The number of benzene rings is 2. The van der Waals surface area contributed by atoms with Crippen LogP contribution in [0.1, 0.15) is 11.1 Å². The molecule has 2 aromatic rings. The first-order chi connectivity index (χ1) is 10.0. The molecule has 2 aromatic carbocycles. The van der Waals surface area contributed by atoms with Gasteiger partial charge in [0.25, 0.3) is 0 Å². The number of rotatable bonds is 5. The van der Waals surface area contributed by atoms with Gasteiger partial charge in [0.2, 0.25) is 5.75 Å². The van der Waals surface area contributed by atoms with Crippen molar-refractivity contribution >= 4 is 17.3 Å². The molecule has 5 nitrogen and oxygen atoms in total. The Kier molecular flexibility index (Phi) is 4.65. The number of alkyl halides is 1. The molecule has 0 N–H and O–H groups in total. The van der Waals surface area contributed by atoms with Gasteiger partial charge in [-0.1, -0.05) is 12.1 Å². The van der Waals surface area contributed by atoms with Crippen molar-refractivity contribution in [3.8, 4) is 17.2 Å². The predicted molar refractivity (Wildman–Crippen MR) is 80.5 cm³/mol.